The largest absolute Gasteiger partial charge is 0.328 e. The van der Waals surface area contributed by atoms with Gasteiger partial charge in [0.05, 0.1) is 11.0 Å². The normalized spacial score (nSPS) is 10.6. The first-order chi connectivity index (χ1) is 8.49. The number of aromatic nitrogens is 2. The fourth-order valence-electron chi connectivity index (χ4n) is 1.45. The molecule has 1 heterocycles. The van der Waals surface area contributed by atoms with Gasteiger partial charge >= 0.3 is 5.69 Å². The molecule has 94 valence electrons. The maximum Gasteiger partial charge on any atom is 0.328 e. The number of hydrogen-bond acceptors (Lipinski definition) is 2. The summed E-state index contributed by atoms with van der Waals surface area (Å²) in [6, 6.07) is 3.44. The van der Waals surface area contributed by atoms with Crippen molar-refractivity contribution in [3.8, 4) is 0 Å². The molecule has 0 aliphatic carbocycles. The van der Waals surface area contributed by atoms with Crippen LogP contribution in [0.4, 0.5) is 8.78 Å². The summed E-state index contributed by atoms with van der Waals surface area (Å²) in [4.78, 5) is 24.3. The van der Waals surface area contributed by atoms with Crippen LogP contribution in [0.5, 0.6) is 0 Å². The van der Waals surface area contributed by atoms with Crippen molar-refractivity contribution >= 4 is 15.9 Å². The second kappa shape index (κ2) is 4.85. The van der Waals surface area contributed by atoms with Crippen molar-refractivity contribution in [1.29, 1.82) is 0 Å². The van der Waals surface area contributed by atoms with Crippen molar-refractivity contribution in [1.82, 2.24) is 9.55 Å². The molecule has 0 bridgehead atoms. The lowest BCUT2D eigenvalue weighted by Gasteiger charge is -2.08. The number of rotatable bonds is 2. The minimum Gasteiger partial charge on any atom is -0.296 e. The third-order valence-electron chi connectivity index (χ3n) is 2.36. The van der Waals surface area contributed by atoms with Crippen LogP contribution in [0.3, 0.4) is 0 Å². The molecule has 0 amide bonds. The second-order valence-corrected chi connectivity index (χ2v) is 4.41. The van der Waals surface area contributed by atoms with Crippen LogP contribution in [0, 0.1) is 11.6 Å². The molecule has 2 rings (SSSR count). The molecular weight excluding hydrogens is 310 g/mol. The number of benzene rings is 1. The average Bonchev–Trinajstić information content (AvgIpc) is 2.32. The van der Waals surface area contributed by atoms with E-state index in [9.17, 15) is 18.4 Å². The van der Waals surface area contributed by atoms with Gasteiger partial charge in [-0.3, -0.25) is 14.3 Å². The zero-order valence-electron chi connectivity index (χ0n) is 8.91. The summed E-state index contributed by atoms with van der Waals surface area (Å²) in [6.07, 6.45) is 1.18. The Morgan fingerprint density at radius 2 is 1.94 bits per heavy atom. The van der Waals surface area contributed by atoms with Gasteiger partial charge in [-0.2, -0.15) is 0 Å². The van der Waals surface area contributed by atoms with Crippen LogP contribution in [0.2, 0.25) is 0 Å². The maximum absolute atomic E-state index is 13.7. The number of H-pyrrole nitrogens is 1. The van der Waals surface area contributed by atoms with Crippen molar-refractivity contribution in [3.05, 3.63) is 66.9 Å². The summed E-state index contributed by atoms with van der Waals surface area (Å²) in [5.41, 5.74) is -1.54. The van der Waals surface area contributed by atoms with E-state index in [0.717, 1.165) is 16.7 Å². The highest BCUT2D eigenvalue weighted by atomic mass is 79.9. The standard InChI is InChI=1S/C11H7BrF2N2O2/c12-7-1-2-8(13)6(10(7)14)5-16-4-3-9(17)15-11(16)18/h1-4H,5H2,(H,15,17,18). The Bertz CT molecular complexity index is 709. The Labute approximate surface area is 108 Å². The Morgan fingerprint density at radius 3 is 2.61 bits per heavy atom. The van der Waals surface area contributed by atoms with Crippen LogP contribution in [0.15, 0.2) is 38.5 Å². The predicted molar refractivity (Wildman–Crippen MR) is 64.5 cm³/mol. The van der Waals surface area contributed by atoms with Crippen LogP contribution in [0.25, 0.3) is 0 Å². The SMILES string of the molecule is O=c1ccn(Cc2c(F)ccc(Br)c2F)c(=O)[nH]1. The van der Waals surface area contributed by atoms with Crippen LogP contribution in [-0.4, -0.2) is 9.55 Å². The first kappa shape index (κ1) is 12.7. The van der Waals surface area contributed by atoms with Gasteiger partial charge < -0.3 is 0 Å². The highest BCUT2D eigenvalue weighted by Crippen LogP contribution is 2.21. The van der Waals surface area contributed by atoms with Crippen molar-refractivity contribution < 1.29 is 8.78 Å². The Balaban J connectivity index is 2.49. The zero-order valence-corrected chi connectivity index (χ0v) is 10.5. The lowest BCUT2D eigenvalue weighted by molar-refractivity contribution is 0.535. The molecule has 0 spiro atoms. The molecule has 0 saturated heterocycles. The van der Waals surface area contributed by atoms with Gasteiger partial charge in [0.2, 0.25) is 0 Å². The molecule has 18 heavy (non-hydrogen) atoms. The molecule has 0 unspecified atom stereocenters. The molecule has 0 aliphatic rings. The quantitative estimate of drug-likeness (QED) is 0.856. The first-order valence-corrected chi connectivity index (χ1v) is 5.70. The van der Waals surface area contributed by atoms with Crippen molar-refractivity contribution in [2.75, 3.05) is 0 Å². The van der Waals surface area contributed by atoms with E-state index < -0.39 is 22.9 Å². The Morgan fingerprint density at radius 1 is 1.22 bits per heavy atom. The number of halogens is 3. The zero-order chi connectivity index (χ0) is 13.3. The van der Waals surface area contributed by atoms with E-state index in [0.29, 0.717) is 0 Å². The van der Waals surface area contributed by atoms with Gasteiger partial charge in [0.15, 0.2) is 0 Å². The van der Waals surface area contributed by atoms with Gasteiger partial charge in [0.25, 0.3) is 5.56 Å². The molecule has 0 atom stereocenters. The summed E-state index contributed by atoms with van der Waals surface area (Å²) in [5.74, 6) is -1.53. The molecule has 0 aliphatic heterocycles. The first-order valence-electron chi connectivity index (χ1n) is 4.91. The van der Waals surface area contributed by atoms with Gasteiger partial charge in [0, 0.05) is 17.8 Å². The highest BCUT2D eigenvalue weighted by molar-refractivity contribution is 9.10. The molecule has 0 saturated carbocycles. The Kier molecular flexibility index (Phi) is 3.42. The van der Waals surface area contributed by atoms with E-state index in [1.54, 1.807) is 0 Å². The molecule has 0 radical (unpaired) electrons. The second-order valence-electron chi connectivity index (χ2n) is 3.56. The van der Waals surface area contributed by atoms with E-state index in [1.807, 2.05) is 4.98 Å². The molecule has 1 aromatic heterocycles. The predicted octanol–water partition coefficient (Wildman–Crippen LogP) is 1.63. The third kappa shape index (κ3) is 2.40. The summed E-state index contributed by atoms with van der Waals surface area (Å²) < 4.78 is 28.3. The lowest BCUT2D eigenvalue weighted by atomic mass is 10.2. The minimum atomic E-state index is -0.770. The van der Waals surface area contributed by atoms with Gasteiger partial charge in [-0.15, -0.1) is 0 Å². The lowest BCUT2D eigenvalue weighted by Crippen LogP contribution is -2.29. The molecule has 7 heteroatoms. The van der Waals surface area contributed by atoms with E-state index in [1.165, 1.54) is 12.3 Å². The van der Waals surface area contributed by atoms with Crippen LogP contribution in [0.1, 0.15) is 5.56 Å². The number of aromatic amines is 1. The number of hydrogen-bond donors (Lipinski definition) is 1. The van der Waals surface area contributed by atoms with Crippen molar-refractivity contribution in [3.63, 3.8) is 0 Å². The van der Waals surface area contributed by atoms with Gasteiger partial charge in [-0.25, -0.2) is 13.6 Å². The molecule has 4 nitrogen and oxygen atoms in total. The van der Waals surface area contributed by atoms with Gasteiger partial charge in [-0.05, 0) is 28.1 Å². The molecule has 1 N–H and O–H groups in total. The summed E-state index contributed by atoms with van der Waals surface area (Å²) in [5, 5.41) is 0. The van der Waals surface area contributed by atoms with Crippen molar-refractivity contribution in [2.45, 2.75) is 6.54 Å². The van der Waals surface area contributed by atoms with E-state index in [4.69, 9.17) is 0 Å². The fraction of sp³-hybridized carbons (Fsp3) is 0.0909. The smallest absolute Gasteiger partial charge is 0.296 e. The molecule has 2 aromatic rings. The minimum absolute atomic E-state index is 0.108. The summed E-state index contributed by atoms with van der Waals surface area (Å²) in [6.45, 7) is -0.299. The number of nitrogens with one attached hydrogen (secondary N) is 1. The average molecular weight is 317 g/mol. The van der Waals surface area contributed by atoms with E-state index in [-0.39, 0.29) is 16.6 Å². The maximum atomic E-state index is 13.7. The van der Waals surface area contributed by atoms with Gasteiger partial charge in [0.1, 0.15) is 11.6 Å². The van der Waals surface area contributed by atoms with Crippen LogP contribution in [-0.2, 0) is 6.54 Å². The third-order valence-corrected chi connectivity index (χ3v) is 2.98. The topological polar surface area (TPSA) is 54.9 Å². The summed E-state index contributed by atoms with van der Waals surface area (Å²) >= 11 is 2.94. The fourth-order valence-corrected chi connectivity index (χ4v) is 1.82. The monoisotopic (exact) mass is 316 g/mol. The Hall–Kier alpha value is -1.76. The van der Waals surface area contributed by atoms with E-state index in [2.05, 4.69) is 15.9 Å². The van der Waals surface area contributed by atoms with Crippen LogP contribution < -0.4 is 11.2 Å². The molecular formula is C11H7BrF2N2O2. The number of nitrogens with zero attached hydrogens (tertiary/aromatic N) is 1. The molecule has 1 aromatic carbocycles. The van der Waals surface area contributed by atoms with E-state index >= 15 is 0 Å². The summed E-state index contributed by atoms with van der Waals surface area (Å²) in [7, 11) is 0. The molecule has 0 fully saturated rings. The van der Waals surface area contributed by atoms with Crippen molar-refractivity contribution in [2.24, 2.45) is 0 Å². The highest BCUT2D eigenvalue weighted by Gasteiger charge is 2.13. The van der Waals surface area contributed by atoms with Crippen LogP contribution >= 0.6 is 15.9 Å². The van der Waals surface area contributed by atoms with Gasteiger partial charge in [-0.1, -0.05) is 0 Å².